The summed E-state index contributed by atoms with van der Waals surface area (Å²) < 4.78 is 5.77. The van der Waals surface area contributed by atoms with E-state index in [1.165, 1.54) is 0 Å². The molecule has 1 aromatic carbocycles. The predicted molar refractivity (Wildman–Crippen MR) is 79.9 cm³/mol. The molecular weight excluding hydrogens is 266 g/mol. The molecule has 0 aliphatic carbocycles. The third-order valence-corrected chi connectivity index (χ3v) is 4.32. The number of nitrogens with two attached hydrogens (primary N) is 1. The zero-order valence-electron chi connectivity index (χ0n) is 12.0. The van der Waals surface area contributed by atoms with E-state index in [9.17, 15) is 4.79 Å². The standard InChI is InChI=1S/C16H17N3O2/c1-4-11(3)19-15(20)18-14(17)16(19)10(2)9-21-13-8-6-5-7-12(13)16/h1,5-8,10-11H,9H2,2-3H3,(H2,17,18,20). The molecule has 0 bridgehead atoms. The average Bonchev–Trinajstić information content (AvgIpc) is 2.74. The molecule has 3 rings (SSSR count). The first-order chi connectivity index (χ1) is 10.0. The number of nitrogens with zero attached hydrogens (tertiary/aromatic N) is 2. The molecule has 3 unspecified atom stereocenters. The highest BCUT2D eigenvalue weighted by atomic mass is 16.5. The Hall–Kier alpha value is -2.48. The maximum absolute atomic E-state index is 12.3. The number of fused-ring (bicyclic) bond motifs is 2. The van der Waals surface area contributed by atoms with Gasteiger partial charge in [-0.25, -0.2) is 4.79 Å². The summed E-state index contributed by atoms with van der Waals surface area (Å²) in [5.41, 5.74) is 6.21. The number of amides is 2. The zero-order chi connectivity index (χ0) is 15.2. The second-order valence-electron chi connectivity index (χ2n) is 5.47. The van der Waals surface area contributed by atoms with E-state index in [0.717, 1.165) is 11.3 Å². The number of terminal acetylenes is 1. The second kappa shape index (κ2) is 4.52. The first-order valence-electron chi connectivity index (χ1n) is 6.89. The van der Waals surface area contributed by atoms with Crippen LogP contribution in [0.4, 0.5) is 4.79 Å². The lowest BCUT2D eigenvalue weighted by Crippen LogP contribution is -2.60. The molecule has 5 nitrogen and oxygen atoms in total. The molecular formula is C16H17N3O2. The molecule has 2 aliphatic rings. The minimum Gasteiger partial charge on any atom is -0.493 e. The largest absolute Gasteiger partial charge is 0.493 e. The predicted octanol–water partition coefficient (Wildman–Crippen LogP) is 1.72. The lowest BCUT2D eigenvalue weighted by Gasteiger charge is -2.47. The Kier molecular flexibility index (Phi) is 2.91. The van der Waals surface area contributed by atoms with Gasteiger partial charge in [0.1, 0.15) is 17.1 Å². The van der Waals surface area contributed by atoms with Crippen molar-refractivity contribution in [1.29, 1.82) is 0 Å². The van der Waals surface area contributed by atoms with Gasteiger partial charge in [0.25, 0.3) is 0 Å². The van der Waals surface area contributed by atoms with E-state index in [-0.39, 0.29) is 17.8 Å². The van der Waals surface area contributed by atoms with Gasteiger partial charge in [0, 0.05) is 11.5 Å². The molecule has 2 amide bonds. The van der Waals surface area contributed by atoms with E-state index in [0.29, 0.717) is 6.61 Å². The number of carbonyl (C=O) groups is 1. The van der Waals surface area contributed by atoms with Gasteiger partial charge in [0.05, 0.1) is 12.6 Å². The van der Waals surface area contributed by atoms with Crippen LogP contribution in [0.3, 0.4) is 0 Å². The van der Waals surface area contributed by atoms with Gasteiger partial charge in [0.15, 0.2) is 0 Å². The van der Waals surface area contributed by atoms with Gasteiger partial charge in [-0.2, -0.15) is 4.99 Å². The van der Waals surface area contributed by atoms with Crippen LogP contribution < -0.4 is 10.5 Å². The highest BCUT2D eigenvalue weighted by Crippen LogP contribution is 2.48. The number of hydrogen-bond donors (Lipinski definition) is 1. The summed E-state index contributed by atoms with van der Waals surface area (Å²) >= 11 is 0. The highest BCUT2D eigenvalue weighted by molar-refractivity contribution is 6.07. The summed E-state index contributed by atoms with van der Waals surface area (Å²) in [4.78, 5) is 17.9. The Balaban J connectivity index is 2.28. The van der Waals surface area contributed by atoms with Crippen LogP contribution in [-0.2, 0) is 5.54 Å². The monoisotopic (exact) mass is 283 g/mol. The van der Waals surface area contributed by atoms with E-state index in [2.05, 4.69) is 10.9 Å². The topological polar surface area (TPSA) is 67.9 Å². The summed E-state index contributed by atoms with van der Waals surface area (Å²) in [6, 6.07) is 6.79. The van der Waals surface area contributed by atoms with Crippen LogP contribution in [0.2, 0.25) is 0 Å². The molecule has 2 aliphatic heterocycles. The van der Waals surface area contributed by atoms with Crippen LogP contribution in [0.25, 0.3) is 0 Å². The fourth-order valence-electron chi connectivity index (χ4n) is 3.33. The number of hydrogen-bond acceptors (Lipinski definition) is 3. The van der Waals surface area contributed by atoms with Crippen molar-refractivity contribution in [3.63, 3.8) is 0 Å². The molecule has 21 heavy (non-hydrogen) atoms. The number of rotatable bonds is 1. The second-order valence-corrected chi connectivity index (χ2v) is 5.47. The van der Waals surface area contributed by atoms with Gasteiger partial charge < -0.3 is 10.5 Å². The first-order valence-corrected chi connectivity index (χ1v) is 6.89. The smallest absolute Gasteiger partial charge is 0.347 e. The summed E-state index contributed by atoms with van der Waals surface area (Å²) in [6.07, 6.45) is 5.55. The number of benzene rings is 1. The third-order valence-electron chi connectivity index (χ3n) is 4.32. The Morgan fingerprint density at radius 1 is 1.57 bits per heavy atom. The van der Waals surface area contributed by atoms with Crippen LogP contribution in [-0.4, -0.2) is 29.4 Å². The van der Waals surface area contributed by atoms with Gasteiger partial charge >= 0.3 is 6.03 Å². The molecule has 2 N–H and O–H groups in total. The normalized spacial score (nSPS) is 28.6. The van der Waals surface area contributed by atoms with Crippen molar-refractivity contribution >= 4 is 11.9 Å². The molecule has 0 aromatic heterocycles. The molecule has 1 spiro atoms. The summed E-state index contributed by atoms with van der Waals surface area (Å²) in [6.45, 7) is 4.25. The van der Waals surface area contributed by atoms with E-state index in [4.69, 9.17) is 16.9 Å². The fourth-order valence-corrected chi connectivity index (χ4v) is 3.33. The number of urea groups is 1. The molecule has 0 fully saturated rings. The average molecular weight is 283 g/mol. The van der Waals surface area contributed by atoms with E-state index in [1.807, 2.05) is 31.2 Å². The maximum atomic E-state index is 12.3. The van der Waals surface area contributed by atoms with Crippen molar-refractivity contribution in [1.82, 2.24) is 4.90 Å². The quantitative estimate of drug-likeness (QED) is 0.798. The van der Waals surface area contributed by atoms with Crippen LogP contribution in [0.15, 0.2) is 29.3 Å². The van der Waals surface area contributed by atoms with Crippen LogP contribution in [0, 0.1) is 18.3 Å². The van der Waals surface area contributed by atoms with E-state index in [1.54, 1.807) is 11.8 Å². The number of carbonyl (C=O) groups excluding carboxylic acids is 1. The van der Waals surface area contributed by atoms with Crippen molar-refractivity contribution in [3.8, 4) is 18.1 Å². The van der Waals surface area contributed by atoms with Crippen LogP contribution >= 0.6 is 0 Å². The van der Waals surface area contributed by atoms with Crippen molar-refractivity contribution in [2.75, 3.05) is 6.61 Å². The molecule has 108 valence electrons. The number of para-hydroxylation sites is 1. The maximum Gasteiger partial charge on any atom is 0.347 e. The van der Waals surface area contributed by atoms with Crippen molar-refractivity contribution in [3.05, 3.63) is 29.8 Å². The van der Waals surface area contributed by atoms with Crippen LogP contribution in [0.1, 0.15) is 19.4 Å². The lowest BCUT2D eigenvalue weighted by molar-refractivity contribution is 0.0713. The van der Waals surface area contributed by atoms with Gasteiger partial charge in [-0.1, -0.05) is 31.0 Å². The molecule has 2 heterocycles. The van der Waals surface area contributed by atoms with Crippen molar-refractivity contribution < 1.29 is 9.53 Å². The highest BCUT2D eigenvalue weighted by Gasteiger charge is 2.57. The van der Waals surface area contributed by atoms with E-state index >= 15 is 0 Å². The van der Waals surface area contributed by atoms with Gasteiger partial charge in [-0.15, -0.1) is 6.42 Å². The van der Waals surface area contributed by atoms with Crippen LogP contribution in [0.5, 0.6) is 5.75 Å². The summed E-state index contributed by atoms with van der Waals surface area (Å²) in [7, 11) is 0. The molecule has 0 saturated carbocycles. The van der Waals surface area contributed by atoms with Crippen molar-refractivity contribution in [2.24, 2.45) is 16.6 Å². The summed E-state index contributed by atoms with van der Waals surface area (Å²) in [5, 5.41) is 0. The molecule has 3 atom stereocenters. The zero-order valence-corrected chi connectivity index (χ0v) is 12.0. The fraction of sp³-hybridized carbons (Fsp3) is 0.375. The molecule has 0 radical (unpaired) electrons. The Morgan fingerprint density at radius 2 is 2.29 bits per heavy atom. The lowest BCUT2D eigenvalue weighted by atomic mass is 9.75. The summed E-state index contributed by atoms with van der Waals surface area (Å²) in [5.74, 6) is 3.58. The number of amidine groups is 1. The third kappa shape index (κ3) is 1.59. The molecule has 5 heteroatoms. The molecule has 0 saturated heterocycles. The Morgan fingerprint density at radius 3 is 3.00 bits per heavy atom. The Labute approximate surface area is 123 Å². The van der Waals surface area contributed by atoms with Gasteiger partial charge in [-0.3, -0.25) is 4.90 Å². The minimum atomic E-state index is -0.822. The number of aliphatic imine (C=N–C) groups is 1. The van der Waals surface area contributed by atoms with E-state index < -0.39 is 11.6 Å². The first kappa shape index (κ1) is 13.5. The number of ether oxygens (including phenoxy) is 1. The minimum absolute atomic E-state index is 0.0431. The van der Waals surface area contributed by atoms with Gasteiger partial charge in [0.2, 0.25) is 0 Å². The molecule has 1 aromatic rings. The van der Waals surface area contributed by atoms with Gasteiger partial charge in [-0.05, 0) is 13.0 Å². The van der Waals surface area contributed by atoms with Crippen molar-refractivity contribution in [2.45, 2.75) is 25.4 Å². The SMILES string of the molecule is C#CC(C)N1C(=O)N=C(N)C12c1ccccc1OCC2C. The Bertz CT molecular complexity index is 676.